The highest BCUT2D eigenvalue weighted by Crippen LogP contribution is 2.21. The predicted molar refractivity (Wildman–Crippen MR) is 82.7 cm³/mol. The standard InChI is InChI=1S/C14H20BrClN2O/c1-2-18-5-6-19-13(10-18)9-17-8-11-3-4-12(15)7-14(11)16/h3-4,7,13,17H,2,5-6,8-10H2,1H3. The van der Waals surface area contributed by atoms with Gasteiger partial charge in [0.15, 0.2) is 0 Å². The monoisotopic (exact) mass is 346 g/mol. The Hall–Kier alpha value is -0.130. The van der Waals surface area contributed by atoms with Crippen LogP contribution in [0.3, 0.4) is 0 Å². The molecule has 2 rings (SSSR count). The van der Waals surface area contributed by atoms with Crippen molar-refractivity contribution in [2.75, 3.05) is 32.8 Å². The molecule has 3 nitrogen and oxygen atoms in total. The number of likely N-dealkylation sites (N-methyl/N-ethyl adjacent to an activating group) is 1. The molecule has 1 aliphatic heterocycles. The lowest BCUT2D eigenvalue weighted by Gasteiger charge is -2.32. The summed E-state index contributed by atoms with van der Waals surface area (Å²) >= 11 is 9.60. The molecule has 1 atom stereocenters. The minimum absolute atomic E-state index is 0.280. The van der Waals surface area contributed by atoms with Crippen LogP contribution in [0.1, 0.15) is 12.5 Å². The van der Waals surface area contributed by atoms with Crippen molar-refractivity contribution in [3.63, 3.8) is 0 Å². The summed E-state index contributed by atoms with van der Waals surface area (Å²) in [7, 11) is 0. The average Bonchev–Trinajstić information content (AvgIpc) is 2.41. The topological polar surface area (TPSA) is 24.5 Å². The maximum atomic E-state index is 6.19. The van der Waals surface area contributed by atoms with Gasteiger partial charge in [-0.1, -0.05) is 40.5 Å². The van der Waals surface area contributed by atoms with Crippen LogP contribution in [0, 0.1) is 0 Å². The van der Waals surface area contributed by atoms with E-state index in [0.29, 0.717) is 0 Å². The second-order valence-electron chi connectivity index (χ2n) is 4.75. The van der Waals surface area contributed by atoms with Crippen molar-refractivity contribution in [3.05, 3.63) is 33.3 Å². The lowest BCUT2D eigenvalue weighted by Crippen LogP contribution is -2.46. The highest BCUT2D eigenvalue weighted by Gasteiger charge is 2.18. The lowest BCUT2D eigenvalue weighted by atomic mass is 10.2. The molecule has 1 aromatic rings. The van der Waals surface area contributed by atoms with Crippen LogP contribution in [0.15, 0.2) is 22.7 Å². The molecule has 0 saturated carbocycles. The van der Waals surface area contributed by atoms with E-state index < -0.39 is 0 Å². The summed E-state index contributed by atoms with van der Waals surface area (Å²) in [4.78, 5) is 2.42. The normalized spacial score (nSPS) is 20.7. The van der Waals surface area contributed by atoms with Crippen LogP contribution in [0.5, 0.6) is 0 Å². The third kappa shape index (κ3) is 4.72. The minimum atomic E-state index is 0.280. The van der Waals surface area contributed by atoms with E-state index in [1.807, 2.05) is 18.2 Å². The zero-order valence-corrected chi connectivity index (χ0v) is 13.5. The van der Waals surface area contributed by atoms with Crippen molar-refractivity contribution in [2.45, 2.75) is 19.6 Å². The van der Waals surface area contributed by atoms with Crippen LogP contribution in [0.25, 0.3) is 0 Å². The van der Waals surface area contributed by atoms with Gasteiger partial charge in [-0.15, -0.1) is 0 Å². The van der Waals surface area contributed by atoms with E-state index in [1.54, 1.807) is 0 Å². The molecular weight excluding hydrogens is 328 g/mol. The number of halogens is 2. The van der Waals surface area contributed by atoms with Crippen LogP contribution in [0.4, 0.5) is 0 Å². The first-order chi connectivity index (χ1) is 9.19. The smallest absolute Gasteiger partial charge is 0.0826 e. The van der Waals surface area contributed by atoms with Crippen molar-refractivity contribution >= 4 is 27.5 Å². The van der Waals surface area contributed by atoms with Crippen molar-refractivity contribution in [3.8, 4) is 0 Å². The summed E-state index contributed by atoms with van der Waals surface area (Å²) in [6.07, 6.45) is 0.280. The molecule has 1 aliphatic rings. The Labute approximate surface area is 128 Å². The third-order valence-corrected chi connectivity index (χ3v) is 4.22. The largest absolute Gasteiger partial charge is 0.374 e. The van der Waals surface area contributed by atoms with E-state index in [2.05, 4.69) is 33.1 Å². The summed E-state index contributed by atoms with van der Waals surface area (Å²) in [6.45, 7) is 7.82. The van der Waals surface area contributed by atoms with Gasteiger partial charge >= 0.3 is 0 Å². The molecule has 1 N–H and O–H groups in total. The summed E-state index contributed by atoms with van der Waals surface area (Å²) in [5, 5.41) is 4.22. The molecule has 106 valence electrons. The minimum Gasteiger partial charge on any atom is -0.374 e. The van der Waals surface area contributed by atoms with Gasteiger partial charge in [0.1, 0.15) is 0 Å². The Bertz CT molecular complexity index is 416. The van der Waals surface area contributed by atoms with Crippen LogP contribution < -0.4 is 5.32 Å². The highest BCUT2D eigenvalue weighted by molar-refractivity contribution is 9.10. The number of nitrogens with zero attached hydrogens (tertiary/aromatic N) is 1. The summed E-state index contributed by atoms with van der Waals surface area (Å²) in [5.41, 5.74) is 1.12. The van der Waals surface area contributed by atoms with Gasteiger partial charge in [0.25, 0.3) is 0 Å². The van der Waals surface area contributed by atoms with E-state index in [0.717, 1.165) is 54.4 Å². The number of hydrogen-bond donors (Lipinski definition) is 1. The average molecular weight is 348 g/mol. The molecule has 0 bridgehead atoms. The molecule has 1 aromatic carbocycles. The molecule has 19 heavy (non-hydrogen) atoms. The lowest BCUT2D eigenvalue weighted by molar-refractivity contribution is -0.0253. The fourth-order valence-electron chi connectivity index (χ4n) is 2.22. The molecule has 1 saturated heterocycles. The molecule has 0 aromatic heterocycles. The Morgan fingerprint density at radius 3 is 3.11 bits per heavy atom. The zero-order chi connectivity index (χ0) is 13.7. The first-order valence-electron chi connectivity index (χ1n) is 6.67. The molecule has 1 heterocycles. The van der Waals surface area contributed by atoms with Crippen molar-refractivity contribution in [1.82, 2.24) is 10.2 Å². The number of ether oxygens (including phenoxy) is 1. The van der Waals surface area contributed by atoms with E-state index >= 15 is 0 Å². The first kappa shape index (κ1) is 15.3. The second kappa shape index (κ2) is 7.60. The molecule has 0 radical (unpaired) electrons. The van der Waals surface area contributed by atoms with Crippen LogP contribution in [0.2, 0.25) is 5.02 Å². The molecule has 1 fully saturated rings. The van der Waals surface area contributed by atoms with Gasteiger partial charge < -0.3 is 10.1 Å². The molecule has 5 heteroatoms. The molecule has 1 unspecified atom stereocenters. The van der Waals surface area contributed by atoms with Crippen LogP contribution in [-0.4, -0.2) is 43.8 Å². The summed E-state index contributed by atoms with van der Waals surface area (Å²) < 4.78 is 6.76. The van der Waals surface area contributed by atoms with Crippen molar-refractivity contribution in [1.29, 1.82) is 0 Å². The van der Waals surface area contributed by atoms with E-state index in [1.165, 1.54) is 0 Å². The van der Waals surface area contributed by atoms with Gasteiger partial charge in [0.05, 0.1) is 12.7 Å². The number of rotatable bonds is 5. The second-order valence-corrected chi connectivity index (χ2v) is 6.08. The van der Waals surface area contributed by atoms with Gasteiger partial charge in [0.2, 0.25) is 0 Å². The fraction of sp³-hybridized carbons (Fsp3) is 0.571. The Morgan fingerprint density at radius 1 is 1.53 bits per heavy atom. The predicted octanol–water partition coefficient (Wildman–Crippen LogP) is 2.91. The highest BCUT2D eigenvalue weighted by atomic mass is 79.9. The Kier molecular flexibility index (Phi) is 6.10. The molecule has 0 spiro atoms. The van der Waals surface area contributed by atoms with Crippen LogP contribution in [-0.2, 0) is 11.3 Å². The maximum absolute atomic E-state index is 6.19. The number of benzene rings is 1. The summed E-state index contributed by atoms with van der Waals surface area (Å²) in [6, 6.07) is 5.98. The third-order valence-electron chi connectivity index (χ3n) is 3.37. The number of hydrogen-bond acceptors (Lipinski definition) is 3. The van der Waals surface area contributed by atoms with Crippen LogP contribution >= 0.6 is 27.5 Å². The van der Waals surface area contributed by atoms with Gasteiger partial charge in [-0.3, -0.25) is 4.90 Å². The van der Waals surface area contributed by atoms with Gasteiger partial charge in [-0.05, 0) is 24.2 Å². The Morgan fingerprint density at radius 2 is 2.37 bits per heavy atom. The van der Waals surface area contributed by atoms with E-state index in [-0.39, 0.29) is 6.10 Å². The molecule has 0 amide bonds. The molecule has 0 aliphatic carbocycles. The van der Waals surface area contributed by atoms with E-state index in [4.69, 9.17) is 16.3 Å². The summed E-state index contributed by atoms with van der Waals surface area (Å²) in [5.74, 6) is 0. The zero-order valence-electron chi connectivity index (χ0n) is 11.2. The van der Waals surface area contributed by atoms with E-state index in [9.17, 15) is 0 Å². The quantitative estimate of drug-likeness (QED) is 0.886. The van der Waals surface area contributed by atoms with Crippen molar-refractivity contribution in [2.24, 2.45) is 0 Å². The van der Waals surface area contributed by atoms with Gasteiger partial charge in [-0.25, -0.2) is 0 Å². The Balaban J connectivity index is 1.76. The SMILES string of the molecule is CCN1CCOC(CNCc2ccc(Br)cc2Cl)C1. The molecular formula is C14H20BrClN2O. The fourth-order valence-corrected chi connectivity index (χ4v) is 2.96. The maximum Gasteiger partial charge on any atom is 0.0826 e. The van der Waals surface area contributed by atoms with Gasteiger partial charge in [0, 0.05) is 35.7 Å². The number of nitrogens with one attached hydrogen (secondary N) is 1. The van der Waals surface area contributed by atoms with Crippen molar-refractivity contribution < 1.29 is 4.74 Å². The van der Waals surface area contributed by atoms with Gasteiger partial charge in [-0.2, -0.15) is 0 Å². The number of morpholine rings is 1. The first-order valence-corrected chi connectivity index (χ1v) is 7.84.